The van der Waals surface area contributed by atoms with Crippen LogP contribution in [-0.4, -0.2) is 60.2 Å². The maximum absolute atomic E-state index is 13.5. The van der Waals surface area contributed by atoms with Gasteiger partial charge in [0, 0.05) is 37.2 Å². The molecule has 2 saturated heterocycles. The molecule has 7 heteroatoms. The van der Waals surface area contributed by atoms with E-state index in [9.17, 15) is 9.59 Å². The summed E-state index contributed by atoms with van der Waals surface area (Å²) in [5.74, 6) is 0.961. The lowest BCUT2D eigenvalue weighted by atomic mass is 9.75. The standard InChI is InChI=1S/C25H30N4O3/c30-21-19-6-7-24(20(19)26-23(27-21)29-14-16-32-17-15-29)10-12-28(13-11-24)22(31)25(8-9-25)18-4-2-1-3-5-18/h1-5H,6-17H2,(H,26,27,30). The van der Waals surface area contributed by atoms with Gasteiger partial charge in [0.05, 0.1) is 24.3 Å². The van der Waals surface area contributed by atoms with Crippen molar-refractivity contribution in [3.8, 4) is 0 Å². The number of H-pyrrole nitrogens is 1. The molecule has 1 spiro atoms. The molecule has 2 aliphatic heterocycles. The van der Waals surface area contributed by atoms with E-state index in [4.69, 9.17) is 9.72 Å². The Bertz CT molecular complexity index is 1080. The van der Waals surface area contributed by atoms with Crippen molar-refractivity contribution in [2.75, 3.05) is 44.3 Å². The van der Waals surface area contributed by atoms with Crippen LogP contribution < -0.4 is 10.5 Å². The number of morpholine rings is 1. The van der Waals surface area contributed by atoms with E-state index in [-0.39, 0.29) is 22.3 Å². The number of amides is 1. The number of carbonyl (C=O) groups is 1. The minimum absolute atomic E-state index is 0.00730. The highest BCUT2D eigenvalue weighted by atomic mass is 16.5. The molecular formula is C25H30N4O3. The summed E-state index contributed by atoms with van der Waals surface area (Å²) in [6.45, 7) is 4.30. The second-order valence-corrected chi connectivity index (χ2v) is 9.84. The number of fused-ring (bicyclic) bond motifs is 2. The van der Waals surface area contributed by atoms with Gasteiger partial charge in [0.25, 0.3) is 5.56 Å². The highest BCUT2D eigenvalue weighted by Gasteiger charge is 2.54. The van der Waals surface area contributed by atoms with Crippen LogP contribution in [0, 0.1) is 0 Å². The van der Waals surface area contributed by atoms with Crippen LogP contribution in [0.2, 0.25) is 0 Å². The molecule has 168 valence electrons. The van der Waals surface area contributed by atoms with Gasteiger partial charge in [-0.1, -0.05) is 30.3 Å². The minimum atomic E-state index is -0.307. The van der Waals surface area contributed by atoms with Gasteiger partial charge >= 0.3 is 0 Å². The zero-order valence-corrected chi connectivity index (χ0v) is 18.4. The maximum Gasteiger partial charge on any atom is 0.255 e. The number of carbonyl (C=O) groups excluding carboxylic acids is 1. The third-order valence-corrected chi connectivity index (χ3v) is 8.16. The highest BCUT2D eigenvalue weighted by molar-refractivity contribution is 5.91. The fraction of sp³-hybridized carbons (Fsp3) is 0.560. The summed E-state index contributed by atoms with van der Waals surface area (Å²) in [7, 11) is 0. The summed E-state index contributed by atoms with van der Waals surface area (Å²) in [5.41, 5.74) is 2.61. The molecule has 1 aromatic heterocycles. The SMILES string of the molecule is O=C(N1CCC2(CCc3c2nc(N2CCOCC2)[nH]c3=O)CC1)C1(c2ccccc2)CC1. The van der Waals surface area contributed by atoms with Crippen LogP contribution in [0.15, 0.2) is 35.1 Å². The predicted octanol–water partition coefficient (Wildman–Crippen LogP) is 2.14. The lowest BCUT2D eigenvalue weighted by Crippen LogP contribution is -2.48. The minimum Gasteiger partial charge on any atom is -0.378 e. The van der Waals surface area contributed by atoms with Crippen LogP contribution in [0.1, 0.15) is 48.9 Å². The van der Waals surface area contributed by atoms with Crippen LogP contribution in [0.5, 0.6) is 0 Å². The second kappa shape index (κ2) is 7.44. The number of anilines is 1. The van der Waals surface area contributed by atoms with Gasteiger partial charge in [-0.25, -0.2) is 4.98 Å². The summed E-state index contributed by atoms with van der Waals surface area (Å²) in [4.78, 5) is 38.5. The van der Waals surface area contributed by atoms with E-state index < -0.39 is 0 Å². The number of nitrogens with one attached hydrogen (secondary N) is 1. The Morgan fingerprint density at radius 3 is 2.38 bits per heavy atom. The van der Waals surface area contributed by atoms with E-state index in [1.807, 2.05) is 18.2 Å². The smallest absolute Gasteiger partial charge is 0.255 e. The second-order valence-electron chi connectivity index (χ2n) is 9.84. The van der Waals surface area contributed by atoms with Gasteiger partial charge in [-0.3, -0.25) is 14.6 Å². The molecule has 1 aromatic carbocycles. The third-order valence-electron chi connectivity index (χ3n) is 8.16. The molecule has 0 atom stereocenters. The quantitative estimate of drug-likeness (QED) is 0.801. The molecule has 1 N–H and O–H groups in total. The predicted molar refractivity (Wildman–Crippen MR) is 121 cm³/mol. The van der Waals surface area contributed by atoms with Crippen molar-refractivity contribution in [1.82, 2.24) is 14.9 Å². The van der Waals surface area contributed by atoms with Gasteiger partial charge in [0.1, 0.15) is 0 Å². The number of hydrogen-bond donors (Lipinski definition) is 1. The fourth-order valence-electron chi connectivity index (χ4n) is 6.00. The summed E-state index contributed by atoms with van der Waals surface area (Å²) in [6.07, 6.45) is 5.39. The molecule has 0 bridgehead atoms. The zero-order valence-electron chi connectivity index (χ0n) is 18.4. The average Bonchev–Trinajstić information content (AvgIpc) is 3.59. The molecule has 4 aliphatic rings. The number of nitrogens with zero attached hydrogens (tertiary/aromatic N) is 3. The molecule has 0 unspecified atom stereocenters. The zero-order chi connectivity index (χ0) is 21.8. The molecule has 32 heavy (non-hydrogen) atoms. The van der Waals surface area contributed by atoms with Crippen LogP contribution >= 0.6 is 0 Å². The van der Waals surface area contributed by atoms with Gasteiger partial charge in [-0.15, -0.1) is 0 Å². The molecule has 0 radical (unpaired) electrons. The Labute approximate surface area is 187 Å². The van der Waals surface area contributed by atoms with Crippen molar-refractivity contribution in [3.05, 3.63) is 57.5 Å². The van der Waals surface area contributed by atoms with Crippen LogP contribution in [0.3, 0.4) is 0 Å². The molecule has 3 heterocycles. The number of ether oxygens (including phenoxy) is 1. The van der Waals surface area contributed by atoms with E-state index >= 15 is 0 Å². The van der Waals surface area contributed by atoms with E-state index in [1.165, 1.54) is 0 Å². The molecule has 3 fully saturated rings. The van der Waals surface area contributed by atoms with Gasteiger partial charge in [-0.2, -0.15) is 0 Å². The first-order valence-electron chi connectivity index (χ1n) is 11.9. The molecule has 2 aromatic rings. The Hall–Kier alpha value is -2.67. The van der Waals surface area contributed by atoms with Gasteiger partial charge < -0.3 is 14.5 Å². The van der Waals surface area contributed by atoms with Crippen molar-refractivity contribution in [2.24, 2.45) is 0 Å². The molecule has 1 amide bonds. The Morgan fingerprint density at radius 2 is 1.69 bits per heavy atom. The first kappa shape index (κ1) is 20.0. The molecule has 7 nitrogen and oxygen atoms in total. The lowest BCUT2D eigenvalue weighted by Gasteiger charge is -2.41. The largest absolute Gasteiger partial charge is 0.378 e. The van der Waals surface area contributed by atoms with Gasteiger partial charge in [-0.05, 0) is 44.1 Å². The van der Waals surface area contributed by atoms with Crippen LogP contribution in [-0.2, 0) is 26.8 Å². The van der Waals surface area contributed by atoms with E-state index in [0.717, 1.165) is 81.5 Å². The van der Waals surface area contributed by atoms with E-state index in [2.05, 4.69) is 26.9 Å². The monoisotopic (exact) mass is 434 g/mol. The summed E-state index contributed by atoms with van der Waals surface area (Å²) >= 11 is 0. The van der Waals surface area contributed by atoms with Crippen molar-refractivity contribution < 1.29 is 9.53 Å². The first-order valence-corrected chi connectivity index (χ1v) is 11.9. The number of likely N-dealkylation sites (tertiary alicyclic amines) is 1. The molecule has 1 saturated carbocycles. The van der Waals surface area contributed by atoms with Crippen molar-refractivity contribution >= 4 is 11.9 Å². The number of aromatic amines is 1. The fourth-order valence-corrected chi connectivity index (χ4v) is 6.00. The van der Waals surface area contributed by atoms with Crippen LogP contribution in [0.25, 0.3) is 0 Å². The number of hydrogen-bond acceptors (Lipinski definition) is 5. The highest BCUT2D eigenvalue weighted by Crippen LogP contribution is 2.51. The van der Waals surface area contributed by atoms with Gasteiger partial charge in [0.2, 0.25) is 11.9 Å². The number of rotatable bonds is 3. The topological polar surface area (TPSA) is 78.5 Å². The van der Waals surface area contributed by atoms with Crippen molar-refractivity contribution in [3.63, 3.8) is 0 Å². The number of piperidine rings is 1. The third kappa shape index (κ3) is 3.09. The summed E-state index contributed by atoms with van der Waals surface area (Å²) in [6, 6.07) is 10.2. The summed E-state index contributed by atoms with van der Waals surface area (Å²) < 4.78 is 5.45. The van der Waals surface area contributed by atoms with Crippen molar-refractivity contribution in [1.29, 1.82) is 0 Å². The lowest BCUT2D eigenvalue weighted by molar-refractivity contribution is -0.135. The Kier molecular flexibility index (Phi) is 4.64. The van der Waals surface area contributed by atoms with E-state index in [0.29, 0.717) is 19.2 Å². The number of aromatic nitrogens is 2. The Morgan fingerprint density at radius 1 is 0.969 bits per heavy atom. The van der Waals surface area contributed by atoms with Gasteiger partial charge in [0.15, 0.2) is 0 Å². The maximum atomic E-state index is 13.5. The molecule has 2 aliphatic carbocycles. The van der Waals surface area contributed by atoms with Crippen LogP contribution in [0.4, 0.5) is 5.95 Å². The van der Waals surface area contributed by atoms with Crippen molar-refractivity contribution in [2.45, 2.75) is 49.4 Å². The summed E-state index contributed by atoms with van der Waals surface area (Å²) in [5, 5.41) is 0. The first-order chi connectivity index (χ1) is 15.6. The average molecular weight is 435 g/mol. The van der Waals surface area contributed by atoms with E-state index in [1.54, 1.807) is 0 Å². The number of benzene rings is 1. The Balaban J connectivity index is 1.23. The normalized spacial score (nSPS) is 23.2. The molecular weight excluding hydrogens is 404 g/mol. The molecule has 6 rings (SSSR count).